The van der Waals surface area contributed by atoms with Gasteiger partial charge in [-0.2, -0.15) is 4.98 Å². The van der Waals surface area contributed by atoms with Crippen molar-refractivity contribution in [3.05, 3.63) is 38.0 Å². The molecule has 0 atom stereocenters. The van der Waals surface area contributed by atoms with Crippen molar-refractivity contribution in [1.29, 1.82) is 0 Å². The summed E-state index contributed by atoms with van der Waals surface area (Å²) in [5, 5.41) is 5.35. The third-order valence-corrected chi connectivity index (χ3v) is 4.48. The molecule has 3 rings (SSSR count). The molecule has 0 amide bonds. The molecule has 0 aliphatic carbocycles. The molecule has 0 aromatic carbocycles. The molecule has 104 valence electrons. The van der Waals surface area contributed by atoms with Gasteiger partial charge in [0.05, 0.1) is 5.69 Å². The summed E-state index contributed by atoms with van der Waals surface area (Å²) in [5.41, 5.74) is 5.02. The molecule has 0 fully saturated rings. The second-order valence-corrected chi connectivity index (χ2v) is 5.75. The largest absolute Gasteiger partial charge is 0.339 e. The van der Waals surface area contributed by atoms with Crippen LogP contribution < -0.4 is 16.9 Å². The first-order chi connectivity index (χ1) is 9.60. The van der Waals surface area contributed by atoms with Crippen LogP contribution in [-0.2, 0) is 13.6 Å². The smallest absolute Gasteiger partial charge is 0.325 e. The Morgan fingerprint density at radius 1 is 1.45 bits per heavy atom. The van der Waals surface area contributed by atoms with E-state index in [2.05, 4.69) is 15.1 Å². The minimum atomic E-state index is -0.819. The van der Waals surface area contributed by atoms with Gasteiger partial charge >= 0.3 is 11.1 Å². The highest BCUT2D eigenvalue weighted by molar-refractivity contribution is 7.99. The van der Waals surface area contributed by atoms with Crippen LogP contribution in [0.5, 0.6) is 0 Å². The Morgan fingerprint density at radius 2 is 2.25 bits per heavy atom. The van der Waals surface area contributed by atoms with Crippen LogP contribution in [0.4, 0.5) is 0 Å². The van der Waals surface area contributed by atoms with Gasteiger partial charge in [-0.1, -0.05) is 0 Å². The molecule has 3 aromatic heterocycles. The van der Waals surface area contributed by atoms with E-state index in [1.807, 2.05) is 16.0 Å². The average Bonchev–Trinajstić information content (AvgIpc) is 2.96. The van der Waals surface area contributed by atoms with Crippen LogP contribution in [0.1, 0.15) is 5.69 Å². The highest BCUT2D eigenvalue weighted by Gasteiger charge is 2.15. The first kappa shape index (κ1) is 13.1. The summed E-state index contributed by atoms with van der Waals surface area (Å²) in [6.45, 7) is 0.317. The monoisotopic (exact) mass is 310 g/mol. The molecule has 8 nitrogen and oxygen atoms in total. The number of nitrogens with zero attached hydrogens (tertiary/aromatic N) is 4. The fourth-order valence-corrected chi connectivity index (χ4v) is 3.42. The van der Waals surface area contributed by atoms with Gasteiger partial charge in [0.2, 0.25) is 0 Å². The van der Waals surface area contributed by atoms with Crippen LogP contribution in [-0.4, -0.2) is 24.1 Å². The van der Waals surface area contributed by atoms with E-state index in [0.29, 0.717) is 16.7 Å². The first-order valence-corrected chi connectivity index (χ1v) is 7.29. The molecular formula is C10H10N6O2S2. The molecule has 0 radical (unpaired) electrons. The second-order valence-electron chi connectivity index (χ2n) is 3.92. The molecule has 20 heavy (non-hydrogen) atoms. The molecule has 3 aromatic rings. The van der Waals surface area contributed by atoms with Gasteiger partial charge in [0.1, 0.15) is 5.03 Å². The van der Waals surface area contributed by atoms with E-state index in [0.717, 1.165) is 10.7 Å². The van der Waals surface area contributed by atoms with Crippen LogP contribution in [0.15, 0.2) is 31.3 Å². The number of H-pyrrole nitrogens is 1. The number of nitrogens with one attached hydrogen (secondary N) is 1. The molecule has 0 unspecified atom stereocenters. The quantitative estimate of drug-likeness (QED) is 0.647. The van der Waals surface area contributed by atoms with Crippen molar-refractivity contribution in [2.75, 3.05) is 0 Å². The number of thiazole rings is 1. The minimum Gasteiger partial charge on any atom is -0.325 e. The predicted molar refractivity (Wildman–Crippen MR) is 75.2 cm³/mol. The van der Waals surface area contributed by atoms with E-state index in [4.69, 9.17) is 5.73 Å². The molecule has 3 heterocycles. The normalized spacial score (nSPS) is 11.3. The van der Waals surface area contributed by atoms with Gasteiger partial charge in [0, 0.05) is 25.2 Å². The topological polar surface area (TPSA) is 111 Å². The van der Waals surface area contributed by atoms with E-state index in [1.54, 1.807) is 7.05 Å². The third kappa shape index (κ3) is 2.07. The lowest BCUT2D eigenvalue weighted by Gasteiger charge is -2.05. The van der Waals surface area contributed by atoms with Crippen molar-refractivity contribution in [1.82, 2.24) is 24.1 Å². The highest BCUT2D eigenvalue weighted by atomic mass is 32.2. The van der Waals surface area contributed by atoms with Crippen molar-refractivity contribution in [3.8, 4) is 0 Å². The number of hydrogen-bond acceptors (Lipinski definition) is 7. The lowest BCUT2D eigenvalue weighted by atomic mass is 10.5. The Morgan fingerprint density at radius 3 is 3.00 bits per heavy atom. The van der Waals surface area contributed by atoms with Gasteiger partial charge < -0.3 is 5.73 Å². The number of aromatic nitrogens is 5. The minimum absolute atomic E-state index is 0.317. The van der Waals surface area contributed by atoms with Gasteiger partial charge in [-0.15, -0.1) is 11.3 Å². The molecule has 0 saturated heterocycles. The van der Waals surface area contributed by atoms with Gasteiger partial charge in [0.25, 0.3) is 0 Å². The van der Waals surface area contributed by atoms with Gasteiger partial charge in [0.15, 0.2) is 10.1 Å². The summed E-state index contributed by atoms with van der Waals surface area (Å²) in [4.78, 5) is 31.5. The van der Waals surface area contributed by atoms with Crippen LogP contribution in [0.3, 0.4) is 0 Å². The number of hydrogen-bond donors (Lipinski definition) is 2. The van der Waals surface area contributed by atoms with Crippen LogP contribution in [0.2, 0.25) is 0 Å². The molecule has 0 spiro atoms. The van der Waals surface area contributed by atoms with E-state index < -0.39 is 11.1 Å². The average molecular weight is 310 g/mol. The Labute approximate surface area is 120 Å². The Balaban J connectivity index is 2.09. The fourth-order valence-electron chi connectivity index (χ4n) is 1.72. The van der Waals surface area contributed by atoms with E-state index >= 15 is 0 Å². The van der Waals surface area contributed by atoms with E-state index in [1.165, 1.54) is 27.8 Å². The van der Waals surface area contributed by atoms with Crippen molar-refractivity contribution < 1.29 is 0 Å². The maximum Gasteiger partial charge on any atom is 0.339 e. The number of aryl methyl sites for hydroxylation is 1. The lowest BCUT2D eigenvalue weighted by molar-refractivity contribution is 0.596. The summed E-state index contributed by atoms with van der Waals surface area (Å²) in [7, 11) is 1.61. The summed E-state index contributed by atoms with van der Waals surface area (Å²) >= 11 is 2.69. The maximum absolute atomic E-state index is 11.3. The van der Waals surface area contributed by atoms with Crippen molar-refractivity contribution >= 4 is 28.1 Å². The van der Waals surface area contributed by atoms with Gasteiger partial charge in [-0.3, -0.25) is 23.8 Å². The predicted octanol–water partition coefficient (Wildman–Crippen LogP) is -0.212. The maximum atomic E-state index is 11.3. The highest BCUT2D eigenvalue weighted by Crippen LogP contribution is 2.29. The molecular weight excluding hydrogens is 300 g/mol. The Bertz CT molecular complexity index is 889. The van der Waals surface area contributed by atoms with Crippen molar-refractivity contribution in [3.63, 3.8) is 0 Å². The zero-order chi connectivity index (χ0) is 14.3. The molecule has 0 aliphatic heterocycles. The van der Waals surface area contributed by atoms with Crippen molar-refractivity contribution in [2.45, 2.75) is 16.7 Å². The Hall–Kier alpha value is -1.91. The first-order valence-electron chi connectivity index (χ1n) is 5.60. The number of fused-ring (bicyclic) bond motifs is 1. The van der Waals surface area contributed by atoms with E-state index in [-0.39, 0.29) is 0 Å². The molecule has 10 heteroatoms. The molecule has 0 bridgehead atoms. The number of rotatable bonds is 3. The summed E-state index contributed by atoms with van der Waals surface area (Å²) in [6, 6.07) is 0. The SMILES string of the molecule is Cn1[nH]c(=O)c(=O)nc1Sc1nc2sccn2c1CN. The van der Waals surface area contributed by atoms with Crippen LogP contribution in [0, 0.1) is 0 Å². The molecule has 3 N–H and O–H groups in total. The van der Waals surface area contributed by atoms with Crippen molar-refractivity contribution in [2.24, 2.45) is 12.8 Å². The van der Waals surface area contributed by atoms with E-state index in [9.17, 15) is 9.59 Å². The summed E-state index contributed by atoms with van der Waals surface area (Å²) < 4.78 is 3.29. The number of imidazole rings is 1. The molecule has 0 aliphatic rings. The molecule has 0 saturated carbocycles. The fraction of sp³-hybridized carbons (Fsp3) is 0.200. The summed E-state index contributed by atoms with van der Waals surface area (Å²) in [6.07, 6.45) is 1.89. The zero-order valence-corrected chi connectivity index (χ0v) is 12.0. The van der Waals surface area contributed by atoms with Gasteiger partial charge in [-0.25, -0.2) is 4.98 Å². The number of aromatic amines is 1. The zero-order valence-electron chi connectivity index (χ0n) is 10.4. The number of nitrogens with two attached hydrogens (primary N) is 1. The van der Waals surface area contributed by atoms with Crippen LogP contribution >= 0.6 is 23.1 Å². The third-order valence-electron chi connectivity index (χ3n) is 2.65. The second kappa shape index (κ2) is 4.89. The standard InChI is InChI=1S/C10H10N6O2S2/c1-15-9(12-6(17)7(18)14-15)20-8-5(4-11)16-2-3-19-10(16)13-8/h2-3H,4,11H2,1H3,(H,14,18). The van der Waals surface area contributed by atoms with Crippen LogP contribution in [0.25, 0.3) is 4.96 Å². The Kier molecular flexibility index (Phi) is 3.20. The summed E-state index contributed by atoms with van der Waals surface area (Å²) in [5.74, 6) is 0. The van der Waals surface area contributed by atoms with Gasteiger partial charge in [-0.05, 0) is 11.8 Å². The lowest BCUT2D eigenvalue weighted by Crippen LogP contribution is -2.33.